The Hall–Kier alpha value is -2.38. The first kappa shape index (κ1) is 20.4. The first-order chi connectivity index (χ1) is 12.8. The van der Waals surface area contributed by atoms with Crippen LogP contribution in [0.2, 0.25) is 0 Å². The van der Waals surface area contributed by atoms with Crippen molar-refractivity contribution in [1.29, 1.82) is 0 Å². The van der Waals surface area contributed by atoms with Crippen LogP contribution in [0, 0.1) is 26.2 Å². The predicted octanol–water partition coefficient (Wildman–Crippen LogP) is 3.64. The first-order valence-electron chi connectivity index (χ1n) is 9.15. The lowest BCUT2D eigenvalue weighted by molar-refractivity contribution is 0.0778. The topological polar surface area (TPSA) is 98.4 Å². The molecule has 0 radical (unpaired) electrons. The van der Waals surface area contributed by atoms with E-state index in [9.17, 15) is 4.79 Å². The Kier molecular flexibility index (Phi) is 5.25. The molecule has 2 N–H and O–H groups in total. The van der Waals surface area contributed by atoms with E-state index in [1.807, 2.05) is 37.8 Å². The summed E-state index contributed by atoms with van der Waals surface area (Å²) in [5.74, 6) is 1.51. The molecule has 4 heterocycles. The van der Waals surface area contributed by atoms with Gasteiger partial charge in [-0.3, -0.25) is 4.79 Å². The molecular formula is C20H25ClN4O3. The first-order valence-corrected chi connectivity index (χ1v) is 9.15. The van der Waals surface area contributed by atoms with E-state index in [-0.39, 0.29) is 23.7 Å². The number of halogens is 1. The number of likely N-dealkylation sites (tertiary alicyclic amines) is 1. The van der Waals surface area contributed by atoms with Gasteiger partial charge in [0.05, 0.1) is 22.3 Å². The van der Waals surface area contributed by atoms with E-state index in [4.69, 9.17) is 14.7 Å². The smallest absolute Gasteiger partial charge is 0.259 e. The van der Waals surface area contributed by atoms with E-state index in [1.165, 1.54) is 0 Å². The van der Waals surface area contributed by atoms with E-state index in [2.05, 4.69) is 17.1 Å². The molecule has 3 aromatic rings. The second-order valence-corrected chi connectivity index (χ2v) is 7.82. The number of aromatic nitrogens is 2. The zero-order valence-electron chi connectivity index (χ0n) is 16.5. The molecule has 0 aliphatic carbocycles. The summed E-state index contributed by atoms with van der Waals surface area (Å²) in [4.78, 5) is 19.8. The average Bonchev–Trinajstić information content (AvgIpc) is 3.31. The van der Waals surface area contributed by atoms with Gasteiger partial charge in [0.25, 0.3) is 11.6 Å². The summed E-state index contributed by atoms with van der Waals surface area (Å²) in [5, 5.41) is 4.69. The molecule has 7 nitrogen and oxygen atoms in total. The highest BCUT2D eigenvalue weighted by Gasteiger charge is 2.36. The van der Waals surface area contributed by atoms with Gasteiger partial charge >= 0.3 is 0 Å². The van der Waals surface area contributed by atoms with E-state index < -0.39 is 0 Å². The minimum atomic E-state index is -0.0370. The highest BCUT2D eigenvalue weighted by Crippen LogP contribution is 2.34. The number of hydrogen-bond acceptors (Lipinski definition) is 6. The van der Waals surface area contributed by atoms with Crippen molar-refractivity contribution >= 4 is 29.4 Å². The molecule has 1 aliphatic heterocycles. The Morgan fingerprint density at radius 3 is 2.68 bits per heavy atom. The number of fused-ring (bicyclic) bond motifs is 1. The number of hydrogen-bond donors (Lipinski definition) is 1. The standard InChI is InChI=1S/C20H24N4O3.ClH/c1-11-7-14(13(3)26-11)16-8-15(17-12(2)23-27-18(17)22-16)19(25)24-6-5-20(4,9-21)10-24;/h7-8H,5-6,9-10,21H2,1-4H3;1H. The van der Waals surface area contributed by atoms with Gasteiger partial charge in [0, 0.05) is 18.7 Å². The summed E-state index contributed by atoms with van der Waals surface area (Å²) >= 11 is 0. The van der Waals surface area contributed by atoms with Gasteiger partial charge in [-0.05, 0) is 51.3 Å². The molecular weight excluding hydrogens is 380 g/mol. The van der Waals surface area contributed by atoms with Gasteiger partial charge in [-0.1, -0.05) is 12.1 Å². The maximum Gasteiger partial charge on any atom is 0.259 e. The SMILES string of the molecule is Cc1cc(-c2cc(C(=O)N3CCC(C)(CN)C3)c3c(C)noc3n2)c(C)o1.Cl. The van der Waals surface area contributed by atoms with Crippen LogP contribution in [-0.4, -0.2) is 40.6 Å². The summed E-state index contributed by atoms with van der Waals surface area (Å²) < 4.78 is 11.0. The second-order valence-electron chi connectivity index (χ2n) is 7.82. The van der Waals surface area contributed by atoms with E-state index in [0.29, 0.717) is 47.7 Å². The van der Waals surface area contributed by atoms with Gasteiger partial charge in [-0.2, -0.15) is 0 Å². The molecule has 150 valence electrons. The molecule has 1 fully saturated rings. The summed E-state index contributed by atoms with van der Waals surface area (Å²) in [7, 11) is 0. The lowest BCUT2D eigenvalue weighted by Gasteiger charge is -2.22. The number of nitrogens with zero attached hydrogens (tertiary/aromatic N) is 3. The minimum absolute atomic E-state index is 0. The minimum Gasteiger partial charge on any atom is -0.466 e. The quantitative estimate of drug-likeness (QED) is 0.715. The summed E-state index contributed by atoms with van der Waals surface area (Å²) in [6, 6.07) is 3.74. The van der Waals surface area contributed by atoms with Crippen LogP contribution in [0.25, 0.3) is 22.4 Å². The van der Waals surface area contributed by atoms with Gasteiger partial charge in [-0.15, -0.1) is 12.4 Å². The van der Waals surface area contributed by atoms with Crippen molar-refractivity contribution < 1.29 is 13.7 Å². The molecule has 0 spiro atoms. The molecule has 0 bridgehead atoms. The number of carbonyl (C=O) groups is 1. The fourth-order valence-electron chi connectivity index (χ4n) is 3.82. The lowest BCUT2D eigenvalue weighted by atomic mass is 9.90. The molecule has 1 saturated heterocycles. The van der Waals surface area contributed by atoms with Gasteiger partial charge in [0.2, 0.25) is 0 Å². The van der Waals surface area contributed by atoms with E-state index >= 15 is 0 Å². The number of amides is 1. The van der Waals surface area contributed by atoms with Crippen LogP contribution < -0.4 is 5.73 Å². The maximum atomic E-state index is 13.4. The van der Waals surface area contributed by atoms with Crippen molar-refractivity contribution in [2.45, 2.75) is 34.1 Å². The van der Waals surface area contributed by atoms with Crippen molar-refractivity contribution in [3.05, 3.63) is 34.9 Å². The summed E-state index contributed by atoms with van der Waals surface area (Å²) in [6.07, 6.45) is 0.902. The van der Waals surface area contributed by atoms with Gasteiger partial charge in [0.1, 0.15) is 11.5 Å². The highest BCUT2D eigenvalue weighted by atomic mass is 35.5. The van der Waals surface area contributed by atoms with Gasteiger partial charge in [0.15, 0.2) is 0 Å². The Labute approximate surface area is 169 Å². The zero-order valence-corrected chi connectivity index (χ0v) is 17.4. The van der Waals surface area contributed by atoms with Crippen LogP contribution in [-0.2, 0) is 0 Å². The Morgan fingerprint density at radius 2 is 2.07 bits per heavy atom. The number of pyridine rings is 1. The number of aryl methyl sites for hydroxylation is 3. The Morgan fingerprint density at radius 1 is 1.32 bits per heavy atom. The third-order valence-corrected chi connectivity index (χ3v) is 5.50. The van der Waals surface area contributed by atoms with Crippen LogP contribution in [0.1, 0.15) is 40.9 Å². The summed E-state index contributed by atoms with van der Waals surface area (Å²) in [5.41, 5.74) is 8.96. The fourth-order valence-corrected chi connectivity index (χ4v) is 3.82. The average molecular weight is 405 g/mol. The van der Waals surface area contributed by atoms with Crippen molar-refractivity contribution in [2.75, 3.05) is 19.6 Å². The molecule has 1 unspecified atom stereocenters. The van der Waals surface area contributed by atoms with Gasteiger partial charge < -0.3 is 19.6 Å². The molecule has 28 heavy (non-hydrogen) atoms. The third kappa shape index (κ3) is 3.29. The van der Waals surface area contributed by atoms with Crippen LogP contribution in [0.4, 0.5) is 0 Å². The predicted molar refractivity (Wildman–Crippen MR) is 109 cm³/mol. The molecule has 0 aromatic carbocycles. The van der Waals surface area contributed by atoms with Crippen LogP contribution in [0.15, 0.2) is 21.1 Å². The van der Waals surface area contributed by atoms with Crippen LogP contribution >= 0.6 is 12.4 Å². The molecule has 1 amide bonds. The van der Waals surface area contributed by atoms with Crippen molar-refractivity contribution in [1.82, 2.24) is 15.0 Å². The monoisotopic (exact) mass is 404 g/mol. The number of carbonyl (C=O) groups excluding carboxylic acids is 1. The molecule has 4 rings (SSSR count). The number of furan rings is 1. The second kappa shape index (κ2) is 7.22. The molecule has 0 saturated carbocycles. The molecule has 8 heteroatoms. The number of rotatable bonds is 3. The largest absolute Gasteiger partial charge is 0.466 e. The lowest BCUT2D eigenvalue weighted by Crippen LogP contribution is -2.34. The Balaban J connectivity index is 0.00000225. The van der Waals surface area contributed by atoms with Gasteiger partial charge in [-0.25, -0.2) is 4.98 Å². The normalized spacial score (nSPS) is 19.2. The van der Waals surface area contributed by atoms with Crippen molar-refractivity contribution in [3.63, 3.8) is 0 Å². The molecule has 1 atom stereocenters. The van der Waals surface area contributed by atoms with E-state index in [1.54, 1.807) is 0 Å². The van der Waals surface area contributed by atoms with Crippen molar-refractivity contribution in [3.8, 4) is 11.3 Å². The third-order valence-electron chi connectivity index (χ3n) is 5.50. The molecule has 3 aromatic heterocycles. The number of nitrogens with two attached hydrogens (primary N) is 1. The maximum absolute atomic E-state index is 13.4. The van der Waals surface area contributed by atoms with E-state index in [0.717, 1.165) is 23.5 Å². The van der Waals surface area contributed by atoms with Crippen molar-refractivity contribution in [2.24, 2.45) is 11.1 Å². The fraction of sp³-hybridized carbons (Fsp3) is 0.450. The Bertz CT molecular complexity index is 1040. The zero-order chi connectivity index (χ0) is 19.3. The van der Waals surface area contributed by atoms with Crippen LogP contribution in [0.5, 0.6) is 0 Å². The molecule has 1 aliphatic rings. The van der Waals surface area contributed by atoms with Crippen LogP contribution in [0.3, 0.4) is 0 Å². The summed E-state index contributed by atoms with van der Waals surface area (Å²) in [6.45, 7) is 9.62. The highest BCUT2D eigenvalue weighted by molar-refractivity contribution is 6.07.